The lowest BCUT2D eigenvalue weighted by molar-refractivity contribution is 0.0932. The maximum atomic E-state index is 12.1. The van der Waals surface area contributed by atoms with Gasteiger partial charge >= 0.3 is 0 Å². The molecule has 1 amide bonds. The Labute approximate surface area is 99.2 Å². The molecule has 0 aliphatic heterocycles. The monoisotopic (exact) mass is 240 g/mol. The third-order valence-corrected chi connectivity index (χ3v) is 3.01. The number of nitrogens with two attached hydrogens (primary N) is 1. The van der Waals surface area contributed by atoms with E-state index in [1.807, 2.05) is 0 Å². The molecule has 6 heteroatoms. The highest BCUT2D eigenvalue weighted by atomic mass is 19.1. The van der Waals surface area contributed by atoms with Crippen LogP contribution < -0.4 is 11.1 Å². The molecule has 1 aliphatic carbocycles. The SMILES string of the molecule is Nc1cn(CCF)nc1C(=O)NC1CCCC1. The molecule has 5 nitrogen and oxygen atoms in total. The van der Waals surface area contributed by atoms with Gasteiger partial charge < -0.3 is 11.1 Å². The van der Waals surface area contributed by atoms with Crippen LogP contribution in [0.5, 0.6) is 0 Å². The number of nitrogens with one attached hydrogen (secondary N) is 1. The van der Waals surface area contributed by atoms with Crippen LogP contribution in [0, 0.1) is 0 Å². The van der Waals surface area contributed by atoms with Gasteiger partial charge in [0.25, 0.3) is 5.91 Å². The summed E-state index contributed by atoms with van der Waals surface area (Å²) >= 11 is 0. The number of amides is 1. The minimum absolute atomic E-state index is 0.126. The molecule has 0 saturated heterocycles. The molecular weight excluding hydrogens is 223 g/mol. The predicted molar refractivity (Wildman–Crippen MR) is 62.3 cm³/mol. The van der Waals surface area contributed by atoms with Crippen molar-refractivity contribution in [1.82, 2.24) is 15.1 Å². The Kier molecular flexibility index (Phi) is 3.61. The van der Waals surface area contributed by atoms with E-state index in [2.05, 4.69) is 10.4 Å². The Morgan fingerprint density at radius 2 is 2.29 bits per heavy atom. The van der Waals surface area contributed by atoms with E-state index in [-0.39, 0.29) is 24.2 Å². The predicted octanol–water partition coefficient (Wildman–Crippen LogP) is 1.11. The van der Waals surface area contributed by atoms with Gasteiger partial charge in [0.05, 0.1) is 12.2 Å². The van der Waals surface area contributed by atoms with Crippen molar-refractivity contribution < 1.29 is 9.18 Å². The summed E-state index contributed by atoms with van der Waals surface area (Å²) in [5.41, 5.74) is 6.18. The smallest absolute Gasteiger partial charge is 0.274 e. The number of rotatable bonds is 4. The van der Waals surface area contributed by atoms with E-state index >= 15 is 0 Å². The maximum absolute atomic E-state index is 12.1. The highest BCUT2D eigenvalue weighted by Crippen LogP contribution is 2.18. The summed E-state index contributed by atoms with van der Waals surface area (Å²) in [5, 5.41) is 6.88. The number of carbonyl (C=O) groups is 1. The number of anilines is 1. The van der Waals surface area contributed by atoms with E-state index in [0.29, 0.717) is 5.69 Å². The molecule has 0 bridgehead atoms. The molecular formula is C11H17FN4O. The fourth-order valence-electron chi connectivity index (χ4n) is 2.14. The maximum Gasteiger partial charge on any atom is 0.274 e. The van der Waals surface area contributed by atoms with Gasteiger partial charge in [-0.1, -0.05) is 12.8 Å². The lowest BCUT2D eigenvalue weighted by atomic mass is 10.2. The van der Waals surface area contributed by atoms with Gasteiger partial charge in [0.2, 0.25) is 0 Å². The standard InChI is InChI=1S/C11H17FN4O/c12-5-6-16-7-9(13)10(15-16)11(17)14-8-3-1-2-4-8/h7-8H,1-6,13H2,(H,14,17). The Balaban J connectivity index is 2.02. The molecule has 1 aliphatic rings. The van der Waals surface area contributed by atoms with Gasteiger partial charge in [0.1, 0.15) is 6.67 Å². The van der Waals surface area contributed by atoms with E-state index in [1.165, 1.54) is 10.9 Å². The van der Waals surface area contributed by atoms with Crippen molar-refractivity contribution in [3.63, 3.8) is 0 Å². The van der Waals surface area contributed by atoms with Crippen LogP contribution in [0.15, 0.2) is 6.20 Å². The fraction of sp³-hybridized carbons (Fsp3) is 0.636. The van der Waals surface area contributed by atoms with Crippen LogP contribution in [-0.2, 0) is 6.54 Å². The lowest BCUT2D eigenvalue weighted by Gasteiger charge is -2.10. The van der Waals surface area contributed by atoms with Crippen LogP contribution in [-0.4, -0.2) is 28.4 Å². The second kappa shape index (κ2) is 5.16. The van der Waals surface area contributed by atoms with E-state index in [1.54, 1.807) is 0 Å². The van der Waals surface area contributed by atoms with Gasteiger partial charge in [0.15, 0.2) is 5.69 Å². The third-order valence-electron chi connectivity index (χ3n) is 3.01. The summed E-state index contributed by atoms with van der Waals surface area (Å²) in [4.78, 5) is 11.9. The zero-order valence-corrected chi connectivity index (χ0v) is 9.66. The second-order valence-electron chi connectivity index (χ2n) is 4.34. The van der Waals surface area contributed by atoms with E-state index in [9.17, 15) is 9.18 Å². The van der Waals surface area contributed by atoms with Gasteiger partial charge in [-0.25, -0.2) is 4.39 Å². The molecule has 2 rings (SSSR count). The number of nitrogen functional groups attached to an aromatic ring is 1. The van der Waals surface area contributed by atoms with Crippen LogP contribution >= 0.6 is 0 Å². The minimum atomic E-state index is -0.523. The highest BCUT2D eigenvalue weighted by Gasteiger charge is 2.21. The third kappa shape index (κ3) is 2.75. The van der Waals surface area contributed by atoms with Crippen LogP contribution in [0.3, 0.4) is 0 Å². The average molecular weight is 240 g/mol. The molecule has 0 spiro atoms. The first kappa shape index (κ1) is 11.9. The average Bonchev–Trinajstić information content (AvgIpc) is 2.88. The molecule has 94 valence electrons. The summed E-state index contributed by atoms with van der Waals surface area (Å²) in [6.07, 6.45) is 5.81. The minimum Gasteiger partial charge on any atom is -0.396 e. The van der Waals surface area contributed by atoms with Gasteiger partial charge in [-0.15, -0.1) is 0 Å². The van der Waals surface area contributed by atoms with Gasteiger partial charge in [-0.2, -0.15) is 5.10 Å². The Bertz CT molecular complexity index is 398. The van der Waals surface area contributed by atoms with Crippen LogP contribution in [0.1, 0.15) is 36.2 Å². The quantitative estimate of drug-likeness (QED) is 0.828. The molecule has 1 saturated carbocycles. The summed E-state index contributed by atoms with van der Waals surface area (Å²) < 4.78 is 13.5. The number of nitrogens with zero attached hydrogens (tertiary/aromatic N) is 2. The number of hydrogen-bond acceptors (Lipinski definition) is 3. The van der Waals surface area contributed by atoms with Gasteiger partial charge in [-0.3, -0.25) is 9.48 Å². The van der Waals surface area contributed by atoms with Crippen molar-refractivity contribution in [2.75, 3.05) is 12.4 Å². The Morgan fingerprint density at radius 1 is 1.59 bits per heavy atom. The zero-order valence-electron chi connectivity index (χ0n) is 9.66. The first-order valence-corrected chi connectivity index (χ1v) is 5.90. The van der Waals surface area contributed by atoms with Crippen molar-refractivity contribution in [3.05, 3.63) is 11.9 Å². The lowest BCUT2D eigenvalue weighted by Crippen LogP contribution is -2.33. The van der Waals surface area contributed by atoms with Crippen molar-refractivity contribution >= 4 is 11.6 Å². The topological polar surface area (TPSA) is 72.9 Å². The molecule has 1 aromatic rings. The van der Waals surface area contributed by atoms with Crippen LogP contribution in [0.4, 0.5) is 10.1 Å². The normalized spacial score (nSPS) is 16.3. The molecule has 3 N–H and O–H groups in total. The molecule has 17 heavy (non-hydrogen) atoms. The van der Waals surface area contributed by atoms with Gasteiger partial charge in [-0.05, 0) is 12.8 Å². The van der Waals surface area contributed by atoms with Crippen LogP contribution in [0.2, 0.25) is 0 Å². The van der Waals surface area contributed by atoms with E-state index in [0.717, 1.165) is 25.7 Å². The summed E-state index contributed by atoms with van der Waals surface area (Å²) in [7, 11) is 0. The highest BCUT2D eigenvalue weighted by molar-refractivity contribution is 5.97. The molecule has 1 heterocycles. The van der Waals surface area contributed by atoms with E-state index < -0.39 is 6.67 Å². The van der Waals surface area contributed by atoms with E-state index in [4.69, 9.17) is 5.73 Å². The van der Waals surface area contributed by atoms with Crippen molar-refractivity contribution in [2.24, 2.45) is 0 Å². The molecule has 0 atom stereocenters. The molecule has 1 aromatic heterocycles. The van der Waals surface area contributed by atoms with Crippen LogP contribution in [0.25, 0.3) is 0 Å². The number of carbonyl (C=O) groups excluding carboxylic acids is 1. The Morgan fingerprint density at radius 3 is 2.94 bits per heavy atom. The largest absolute Gasteiger partial charge is 0.396 e. The first-order valence-electron chi connectivity index (χ1n) is 5.90. The number of aryl methyl sites for hydroxylation is 1. The van der Waals surface area contributed by atoms with Gasteiger partial charge in [0, 0.05) is 12.2 Å². The number of halogens is 1. The summed E-state index contributed by atoms with van der Waals surface area (Å²) in [6, 6.07) is 0.230. The second-order valence-corrected chi connectivity index (χ2v) is 4.34. The van der Waals surface area contributed by atoms with Crippen molar-refractivity contribution in [3.8, 4) is 0 Å². The Hall–Kier alpha value is -1.59. The number of hydrogen-bond donors (Lipinski definition) is 2. The zero-order chi connectivity index (χ0) is 12.3. The first-order chi connectivity index (χ1) is 8.20. The summed E-state index contributed by atoms with van der Waals surface area (Å²) in [5.74, 6) is -0.257. The van der Waals surface area contributed by atoms with Crippen molar-refractivity contribution in [1.29, 1.82) is 0 Å². The molecule has 1 fully saturated rings. The number of alkyl halides is 1. The number of aromatic nitrogens is 2. The van der Waals surface area contributed by atoms with Crippen molar-refractivity contribution in [2.45, 2.75) is 38.3 Å². The fourth-order valence-corrected chi connectivity index (χ4v) is 2.14. The molecule has 0 unspecified atom stereocenters. The molecule has 0 aromatic carbocycles. The summed E-state index contributed by atoms with van der Waals surface area (Å²) in [6.45, 7) is -0.397. The molecule has 0 radical (unpaired) electrons.